The van der Waals surface area contributed by atoms with E-state index in [0.29, 0.717) is 28.5 Å². The topological polar surface area (TPSA) is 123 Å². The molecule has 10 heteroatoms. The number of nitrogens with one attached hydrogen (secondary N) is 3. The number of fused-ring (bicyclic) bond motifs is 1. The van der Waals surface area contributed by atoms with Crippen molar-refractivity contribution in [3.05, 3.63) is 72.3 Å². The minimum Gasteiger partial charge on any atom is -0.371 e. The average Bonchev–Trinajstić information content (AvgIpc) is 3.62. The van der Waals surface area contributed by atoms with Crippen molar-refractivity contribution in [3.8, 4) is 0 Å². The third kappa shape index (κ3) is 5.69. The molecule has 3 amide bonds. The molecule has 39 heavy (non-hydrogen) atoms. The first kappa shape index (κ1) is 26.1. The van der Waals surface area contributed by atoms with Crippen molar-refractivity contribution in [1.82, 2.24) is 15.3 Å². The normalized spacial score (nSPS) is 17.4. The van der Waals surface area contributed by atoms with Crippen LogP contribution >= 0.6 is 0 Å². The summed E-state index contributed by atoms with van der Waals surface area (Å²) in [5.41, 5.74) is 2.56. The number of rotatable bonds is 6. The molecule has 0 saturated carbocycles. The largest absolute Gasteiger partial charge is 0.371 e. The first-order chi connectivity index (χ1) is 18.7. The molecule has 3 N–H and O–H groups in total. The maximum absolute atomic E-state index is 13.9. The lowest BCUT2D eigenvalue weighted by molar-refractivity contribution is -0.127. The van der Waals surface area contributed by atoms with Gasteiger partial charge in [-0.25, -0.2) is 14.8 Å². The molecule has 3 heterocycles. The Morgan fingerprint density at radius 1 is 1.08 bits per heavy atom. The number of Topliss-reactive ketones (excluding diaryl/α,β-unsaturated/α-hetero) is 1. The molecule has 5 rings (SSSR count). The number of aromatic nitrogens is 2. The number of hydrogen-bond donors (Lipinski definition) is 3. The summed E-state index contributed by atoms with van der Waals surface area (Å²) in [4.78, 5) is 55.8. The number of imidazole rings is 1. The number of aromatic amines is 1. The van der Waals surface area contributed by atoms with E-state index in [0.717, 1.165) is 31.6 Å². The number of carbonyl (C=O) groups excluding carboxylic acids is 3. The predicted molar refractivity (Wildman–Crippen MR) is 151 cm³/mol. The second-order valence-electron chi connectivity index (χ2n) is 10.8. The Balaban J connectivity index is 1.46. The summed E-state index contributed by atoms with van der Waals surface area (Å²) in [7, 11) is 0. The summed E-state index contributed by atoms with van der Waals surface area (Å²) in [5.74, 6) is -0.179. The molecule has 2 aliphatic rings. The van der Waals surface area contributed by atoms with Gasteiger partial charge in [0.1, 0.15) is 5.71 Å². The molecule has 202 valence electrons. The number of benzene rings is 2. The minimum atomic E-state index is -1.29. The van der Waals surface area contributed by atoms with E-state index in [-0.39, 0.29) is 12.3 Å². The molecule has 1 saturated heterocycles. The van der Waals surface area contributed by atoms with Crippen LogP contribution in [-0.2, 0) is 9.59 Å². The van der Waals surface area contributed by atoms with Crippen LogP contribution in [0.15, 0.2) is 65.9 Å². The van der Waals surface area contributed by atoms with Crippen molar-refractivity contribution >= 4 is 40.5 Å². The number of H-pyrrole nitrogens is 1. The maximum atomic E-state index is 13.9. The highest BCUT2D eigenvalue weighted by Gasteiger charge is 2.36. The van der Waals surface area contributed by atoms with Crippen molar-refractivity contribution in [2.45, 2.75) is 39.8 Å². The van der Waals surface area contributed by atoms with Gasteiger partial charge in [0.25, 0.3) is 5.91 Å². The zero-order chi connectivity index (χ0) is 27.6. The summed E-state index contributed by atoms with van der Waals surface area (Å²) >= 11 is 0. The van der Waals surface area contributed by atoms with E-state index in [9.17, 15) is 14.4 Å². The summed E-state index contributed by atoms with van der Waals surface area (Å²) in [6.07, 6.45) is 4.27. The van der Waals surface area contributed by atoms with Gasteiger partial charge < -0.3 is 25.4 Å². The van der Waals surface area contributed by atoms with Gasteiger partial charge in [0.05, 0.1) is 12.2 Å². The highest BCUT2D eigenvalue weighted by Crippen LogP contribution is 2.29. The van der Waals surface area contributed by atoms with E-state index < -0.39 is 23.5 Å². The lowest BCUT2D eigenvalue weighted by Crippen LogP contribution is -2.50. The zero-order valence-electron chi connectivity index (χ0n) is 22.4. The zero-order valence-corrected chi connectivity index (χ0v) is 22.4. The fraction of sp³-hybridized carbons (Fsp3) is 0.345. The van der Waals surface area contributed by atoms with Crippen molar-refractivity contribution in [1.29, 1.82) is 0 Å². The van der Waals surface area contributed by atoms with E-state index in [2.05, 4.69) is 30.5 Å². The Bertz CT molecular complexity index is 1400. The Morgan fingerprint density at radius 3 is 2.56 bits per heavy atom. The molecule has 3 aromatic rings. The van der Waals surface area contributed by atoms with Crippen LogP contribution in [0.4, 0.5) is 21.9 Å². The number of aliphatic imine (C=N–C) groups is 1. The monoisotopic (exact) mass is 527 g/mol. The van der Waals surface area contributed by atoms with Crippen LogP contribution in [0, 0.1) is 5.41 Å². The first-order valence-electron chi connectivity index (χ1n) is 13.1. The van der Waals surface area contributed by atoms with Gasteiger partial charge in [0, 0.05) is 47.8 Å². The molecule has 2 aliphatic heterocycles. The lowest BCUT2D eigenvalue weighted by atomic mass is 9.90. The quantitative estimate of drug-likeness (QED) is 0.448. The molecular weight excluding hydrogens is 494 g/mol. The first-order valence-corrected chi connectivity index (χ1v) is 13.1. The smallest absolute Gasteiger partial charge is 0.321 e. The number of urea groups is 1. The van der Waals surface area contributed by atoms with Crippen LogP contribution in [0.3, 0.4) is 0 Å². The summed E-state index contributed by atoms with van der Waals surface area (Å²) in [6, 6.07) is 14.3. The van der Waals surface area contributed by atoms with Gasteiger partial charge in [-0.2, -0.15) is 0 Å². The van der Waals surface area contributed by atoms with Gasteiger partial charge in [0.2, 0.25) is 6.17 Å². The summed E-state index contributed by atoms with van der Waals surface area (Å²) in [6.45, 7) is 7.26. The van der Waals surface area contributed by atoms with Gasteiger partial charge in [-0.05, 0) is 37.1 Å². The van der Waals surface area contributed by atoms with Gasteiger partial charge in [0.15, 0.2) is 11.6 Å². The average molecular weight is 528 g/mol. The van der Waals surface area contributed by atoms with Crippen LogP contribution in [0.1, 0.15) is 45.0 Å². The van der Waals surface area contributed by atoms with Crippen molar-refractivity contribution < 1.29 is 14.4 Å². The molecule has 0 unspecified atom stereocenters. The number of nitrogens with zero attached hydrogens (tertiary/aromatic N) is 4. The third-order valence-corrected chi connectivity index (χ3v) is 6.91. The Hall–Kier alpha value is -4.47. The fourth-order valence-corrected chi connectivity index (χ4v) is 4.70. The van der Waals surface area contributed by atoms with Gasteiger partial charge in [-0.15, -0.1) is 0 Å². The van der Waals surface area contributed by atoms with E-state index in [1.165, 1.54) is 4.90 Å². The molecule has 1 aromatic heterocycles. The molecule has 0 aliphatic carbocycles. The van der Waals surface area contributed by atoms with Gasteiger partial charge in [-0.3, -0.25) is 9.59 Å². The minimum absolute atomic E-state index is 0.117. The maximum Gasteiger partial charge on any atom is 0.321 e. The summed E-state index contributed by atoms with van der Waals surface area (Å²) in [5, 5.41) is 5.56. The molecule has 0 spiro atoms. The number of benzodiazepines with no additional fused rings is 1. The highest BCUT2D eigenvalue weighted by molar-refractivity contribution is 6.19. The number of amides is 3. The molecule has 0 radical (unpaired) electrons. The Kier molecular flexibility index (Phi) is 7.19. The van der Waals surface area contributed by atoms with E-state index in [4.69, 9.17) is 0 Å². The van der Waals surface area contributed by atoms with Crippen LogP contribution in [0.2, 0.25) is 0 Å². The Labute approximate surface area is 227 Å². The number of hydrogen-bond acceptors (Lipinski definition) is 6. The number of para-hydroxylation sites is 1. The van der Waals surface area contributed by atoms with E-state index in [1.807, 2.05) is 51.1 Å². The molecule has 1 fully saturated rings. The van der Waals surface area contributed by atoms with Crippen LogP contribution in [0.5, 0.6) is 0 Å². The summed E-state index contributed by atoms with van der Waals surface area (Å²) < 4.78 is 0. The highest BCUT2D eigenvalue weighted by atomic mass is 16.2. The van der Waals surface area contributed by atoms with Crippen LogP contribution in [0.25, 0.3) is 0 Å². The number of anilines is 3. The van der Waals surface area contributed by atoms with Gasteiger partial charge in [-0.1, -0.05) is 45.0 Å². The SMILES string of the molecule is CC(C)(C)C(=O)CN1C(=O)[C@H](NC(=O)Nc2cccc(N3CCCC3)c2)N=C(c2ncc[nH]2)c2ccccc21. The van der Waals surface area contributed by atoms with E-state index in [1.54, 1.807) is 30.6 Å². The number of carbonyl (C=O) groups is 3. The molecule has 2 aromatic carbocycles. The van der Waals surface area contributed by atoms with Crippen LogP contribution < -0.4 is 20.4 Å². The Morgan fingerprint density at radius 2 is 1.85 bits per heavy atom. The third-order valence-electron chi connectivity index (χ3n) is 6.91. The van der Waals surface area contributed by atoms with E-state index >= 15 is 0 Å². The molecule has 10 nitrogen and oxygen atoms in total. The second kappa shape index (κ2) is 10.7. The van der Waals surface area contributed by atoms with Crippen molar-refractivity contribution in [3.63, 3.8) is 0 Å². The van der Waals surface area contributed by atoms with Crippen molar-refractivity contribution in [2.24, 2.45) is 10.4 Å². The van der Waals surface area contributed by atoms with Crippen LogP contribution in [-0.4, -0.2) is 59.2 Å². The van der Waals surface area contributed by atoms with Gasteiger partial charge >= 0.3 is 6.03 Å². The molecule has 0 bridgehead atoms. The standard InChI is InChI=1S/C29H33N7O3/c1-29(2,3)23(37)18-36-22-12-5-4-11-21(22)24(25-30-13-14-31-25)33-26(27(36)38)34-28(39)32-19-9-8-10-20(17-19)35-15-6-7-16-35/h4-5,8-14,17,26H,6-7,15-16,18H2,1-3H3,(H,30,31)(H2,32,34,39)/t26-/m0/s1. The number of ketones is 1. The fourth-order valence-electron chi connectivity index (χ4n) is 4.70. The van der Waals surface area contributed by atoms with Crippen molar-refractivity contribution in [2.75, 3.05) is 34.8 Å². The predicted octanol–water partition coefficient (Wildman–Crippen LogP) is 3.96. The molecular formula is C29H33N7O3. The lowest BCUT2D eigenvalue weighted by Gasteiger charge is -2.28. The molecule has 1 atom stereocenters. The second-order valence-corrected chi connectivity index (χ2v) is 10.8.